The number of rotatable bonds is 2. The lowest BCUT2D eigenvalue weighted by Gasteiger charge is -2.07. The van der Waals surface area contributed by atoms with Gasteiger partial charge in [-0.2, -0.15) is 0 Å². The zero-order valence-corrected chi connectivity index (χ0v) is 8.61. The number of nitrogens with zero attached hydrogens (tertiary/aromatic N) is 2. The fourth-order valence-corrected chi connectivity index (χ4v) is 1.61. The first kappa shape index (κ1) is 10.5. The van der Waals surface area contributed by atoms with Gasteiger partial charge in [-0.25, -0.2) is 4.98 Å². The molecule has 0 bridgehead atoms. The van der Waals surface area contributed by atoms with Gasteiger partial charge >= 0.3 is 0 Å². The Labute approximate surface area is 90.3 Å². The summed E-state index contributed by atoms with van der Waals surface area (Å²) in [6.45, 7) is 1.88. The van der Waals surface area contributed by atoms with Crippen molar-refractivity contribution >= 4 is 11.8 Å². The molecule has 0 fully saturated rings. The van der Waals surface area contributed by atoms with E-state index in [0.29, 0.717) is 0 Å². The fourth-order valence-electron chi connectivity index (χ4n) is 1.61. The van der Waals surface area contributed by atoms with Crippen LogP contribution in [0.4, 0.5) is 0 Å². The molecule has 84 valence electrons. The van der Waals surface area contributed by atoms with E-state index in [4.69, 9.17) is 5.73 Å². The Morgan fingerprint density at radius 3 is 2.56 bits per heavy atom. The quantitative estimate of drug-likeness (QED) is 0.614. The highest BCUT2D eigenvalue weighted by molar-refractivity contribution is 6.20. The molecule has 3 N–H and O–H groups in total. The van der Waals surface area contributed by atoms with Crippen molar-refractivity contribution in [2.75, 3.05) is 6.54 Å². The van der Waals surface area contributed by atoms with Crippen LogP contribution in [0.15, 0.2) is 4.79 Å². The number of amides is 2. The number of aromatic nitrogens is 2. The van der Waals surface area contributed by atoms with Crippen molar-refractivity contribution in [3.8, 4) is 0 Å². The minimum Gasteiger partial charge on any atom is -0.324 e. The molecule has 0 atom stereocenters. The van der Waals surface area contributed by atoms with E-state index in [1.807, 2.05) is 0 Å². The number of nitrogens with one attached hydrogen (secondary N) is 1. The van der Waals surface area contributed by atoms with Crippen molar-refractivity contribution in [2.45, 2.75) is 13.5 Å². The van der Waals surface area contributed by atoms with E-state index in [-0.39, 0.29) is 30.2 Å². The molecule has 0 radical (unpaired) electrons. The molecule has 0 aliphatic carbocycles. The molecule has 2 rings (SSSR count). The van der Waals surface area contributed by atoms with Crippen molar-refractivity contribution in [3.05, 3.63) is 27.4 Å². The van der Waals surface area contributed by atoms with E-state index in [0.717, 1.165) is 4.90 Å². The topological polar surface area (TPSA) is 109 Å². The zero-order valence-electron chi connectivity index (χ0n) is 8.61. The van der Waals surface area contributed by atoms with Crippen LogP contribution in [-0.4, -0.2) is 33.2 Å². The first-order valence-electron chi connectivity index (χ1n) is 4.79. The SMILES string of the molecule is CCN1C(=O)c2nc(CN)[nH]c(=O)c2C1=O. The van der Waals surface area contributed by atoms with Crippen LogP contribution in [0.5, 0.6) is 0 Å². The van der Waals surface area contributed by atoms with Gasteiger partial charge in [-0.05, 0) is 6.92 Å². The van der Waals surface area contributed by atoms with Gasteiger partial charge in [-0.3, -0.25) is 19.3 Å². The molecule has 1 aliphatic heterocycles. The molecule has 1 aliphatic rings. The predicted molar refractivity (Wildman–Crippen MR) is 53.8 cm³/mol. The van der Waals surface area contributed by atoms with E-state index in [2.05, 4.69) is 9.97 Å². The highest BCUT2D eigenvalue weighted by Crippen LogP contribution is 2.16. The number of carbonyl (C=O) groups is 2. The molecule has 0 unspecified atom stereocenters. The Balaban J connectivity index is 2.68. The molecule has 2 amide bonds. The smallest absolute Gasteiger partial charge is 0.280 e. The predicted octanol–water partition coefficient (Wildman–Crippen LogP) is -1.16. The number of carbonyl (C=O) groups excluding carboxylic acids is 2. The normalized spacial score (nSPS) is 14.5. The van der Waals surface area contributed by atoms with Gasteiger partial charge in [0.05, 0.1) is 6.54 Å². The van der Waals surface area contributed by atoms with Crippen LogP contribution < -0.4 is 11.3 Å². The maximum atomic E-state index is 11.7. The van der Waals surface area contributed by atoms with Crippen LogP contribution in [-0.2, 0) is 6.54 Å². The van der Waals surface area contributed by atoms with Gasteiger partial charge < -0.3 is 10.7 Å². The van der Waals surface area contributed by atoms with Crippen LogP contribution in [0.2, 0.25) is 0 Å². The minimum atomic E-state index is -0.611. The van der Waals surface area contributed by atoms with Gasteiger partial charge in [0.2, 0.25) is 0 Å². The molecule has 0 aromatic carbocycles. The van der Waals surface area contributed by atoms with Crippen molar-refractivity contribution in [1.82, 2.24) is 14.9 Å². The average Bonchev–Trinajstić information content (AvgIpc) is 2.51. The second kappa shape index (κ2) is 3.53. The highest BCUT2D eigenvalue weighted by atomic mass is 16.2. The molecule has 1 aromatic rings. The molecule has 7 nitrogen and oxygen atoms in total. The number of aromatic amines is 1. The summed E-state index contributed by atoms with van der Waals surface area (Å²) >= 11 is 0. The average molecular weight is 222 g/mol. The lowest BCUT2D eigenvalue weighted by Crippen LogP contribution is -2.30. The third-order valence-corrected chi connectivity index (χ3v) is 2.38. The van der Waals surface area contributed by atoms with Crippen molar-refractivity contribution < 1.29 is 9.59 Å². The van der Waals surface area contributed by atoms with Gasteiger partial charge in [-0.15, -0.1) is 0 Å². The molecule has 7 heteroatoms. The van der Waals surface area contributed by atoms with Gasteiger partial charge in [-0.1, -0.05) is 0 Å². The zero-order chi connectivity index (χ0) is 11.9. The number of imide groups is 1. The summed E-state index contributed by atoms with van der Waals surface area (Å²) in [5.74, 6) is -0.939. The Bertz CT molecular complexity index is 534. The summed E-state index contributed by atoms with van der Waals surface area (Å²) in [7, 11) is 0. The third-order valence-electron chi connectivity index (χ3n) is 2.38. The summed E-state index contributed by atoms with van der Waals surface area (Å²) in [5.41, 5.74) is 4.41. The first-order chi connectivity index (χ1) is 7.60. The second-order valence-electron chi connectivity index (χ2n) is 3.29. The van der Waals surface area contributed by atoms with Gasteiger partial charge in [0.25, 0.3) is 17.4 Å². The maximum Gasteiger partial charge on any atom is 0.280 e. The van der Waals surface area contributed by atoms with E-state index in [1.165, 1.54) is 0 Å². The standard InChI is InChI=1S/C9H10N4O3/c1-2-13-8(15)5-6(9(13)16)11-4(3-10)12-7(5)14/h2-3,10H2,1H3,(H,11,12,14). The van der Waals surface area contributed by atoms with Crippen molar-refractivity contribution in [2.24, 2.45) is 5.73 Å². The van der Waals surface area contributed by atoms with Crippen molar-refractivity contribution in [1.29, 1.82) is 0 Å². The Morgan fingerprint density at radius 2 is 2.00 bits per heavy atom. The molecule has 2 heterocycles. The Kier molecular flexibility index (Phi) is 2.31. The molecule has 0 spiro atoms. The van der Waals surface area contributed by atoms with E-state index in [9.17, 15) is 14.4 Å². The Hall–Kier alpha value is -2.02. The molecule has 16 heavy (non-hydrogen) atoms. The van der Waals surface area contributed by atoms with Crippen LogP contribution in [0.1, 0.15) is 33.6 Å². The lowest BCUT2D eigenvalue weighted by molar-refractivity contribution is 0.0660. The summed E-state index contributed by atoms with van der Waals surface area (Å²) in [5, 5.41) is 0. The van der Waals surface area contributed by atoms with Gasteiger partial charge in [0, 0.05) is 6.54 Å². The lowest BCUT2D eigenvalue weighted by atomic mass is 10.2. The molecule has 1 aromatic heterocycles. The monoisotopic (exact) mass is 222 g/mol. The van der Waals surface area contributed by atoms with Crippen LogP contribution in [0.3, 0.4) is 0 Å². The number of nitrogens with two attached hydrogens (primary N) is 1. The summed E-state index contributed by atoms with van der Waals surface area (Å²) in [6, 6.07) is 0. The summed E-state index contributed by atoms with van der Waals surface area (Å²) in [4.78, 5) is 42.1. The molecule has 0 saturated heterocycles. The number of H-pyrrole nitrogens is 1. The molecule has 0 saturated carbocycles. The van der Waals surface area contributed by atoms with Gasteiger partial charge in [0.15, 0.2) is 0 Å². The maximum absolute atomic E-state index is 11.7. The van der Waals surface area contributed by atoms with Crippen LogP contribution in [0, 0.1) is 0 Å². The summed E-state index contributed by atoms with van der Waals surface area (Å²) in [6.07, 6.45) is 0. The minimum absolute atomic E-state index is 0.0100. The number of hydrogen-bond donors (Lipinski definition) is 2. The van der Waals surface area contributed by atoms with Crippen molar-refractivity contribution in [3.63, 3.8) is 0 Å². The largest absolute Gasteiger partial charge is 0.324 e. The first-order valence-corrected chi connectivity index (χ1v) is 4.79. The fraction of sp³-hybridized carbons (Fsp3) is 0.333. The number of fused-ring (bicyclic) bond motifs is 1. The second-order valence-corrected chi connectivity index (χ2v) is 3.29. The van der Waals surface area contributed by atoms with E-state index >= 15 is 0 Å². The molecular weight excluding hydrogens is 212 g/mol. The number of hydrogen-bond acceptors (Lipinski definition) is 5. The highest BCUT2D eigenvalue weighted by Gasteiger charge is 2.38. The molecular formula is C9H10N4O3. The van der Waals surface area contributed by atoms with Crippen LogP contribution in [0.25, 0.3) is 0 Å². The summed E-state index contributed by atoms with van der Waals surface area (Å²) < 4.78 is 0. The Morgan fingerprint density at radius 1 is 1.31 bits per heavy atom. The third kappa shape index (κ3) is 1.25. The van der Waals surface area contributed by atoms with Gasteiger partial charge in [0.1, 0.15) is 17.1 Å². The van der Waals surface area contributed by atoms with Crippen LogP contribution >= 0.6 is 0 Å². The van der Waals surface area contributed by atoms with E-state index in [1.54, 1.807) is 6.92 Å². The van der Waals surface area contributed by atoms with E-state index < -0.39 is 17.4 Å².